The van der Waals surface area contributed by atoms with Gasteiger partial charge in [-0.05, 0) is 138 Å². The molecule has 89 heavy (non-hydrogen) atoms. The zero-order valence-electron chi connectivity index (χ0n) is 52.7. The fraction of sp³-hybridized carbons (Fsp3) is 0.500. The van der Waals surface area contributed by atoms with Gasteiger partial charge in [-0.15, -0.1) is 0 Å². The number of ketones is 1. The molecule has 3 rings (SSSR count). The van der Waals surface area contributed by atoms with E-state index >= 15 is 0 Å². The number of Topliss-reactive ketones (excluding diaryl/α,β-unsaturated/α-hetero) is 1. The van der Waals surface area contributed by atoms with Crippen molar-refractivity contribution in [3.05, 3.63) is 106 Å². The Hall–Kier alpha value is -5.02. The topological polar surface area (TPSA) is 483 Å². The maximum Gasteiger partial charge on any atom is 1.00 e. The molecule has 12 N–H and O–H groups in total. The van der Waals surface area contributed by atoms with Crippen molar-refractivity contribution in [1.29, 1.82) is 0 Å². The first-order valence-electron chi connectivity index (χ1n) is 28.1. The number of unbranched alkanes of at least 4 members (excludes halogenated alkanes) is 11. The standard InChI is InChI=1S/C20H28N2O6.C20H27N2O5.C10H10O4.C6H13NO2.2CH4.3Na.H2O4S.H2O/c23-17(24)7-3-1-5-13-21-19(27)15-9-11-16(12-10-15)20(28)22-14-6-2-4-8-18(25)26;23-15-7-2-1-5-13-21-19(26)16-9-11-17(12-10-16)20(27)22-14-6-3-4-8-18(24)25;1-14-10(13)8-4-2-7(3-5-8)9(12)6-11;7-5-3-1-2-4-6(8)9;;;;;;1-5(2,3)4;/h9-12H,1-8,13-14H2,(H,21,27)(H,22,28)(H,23,24)(H,25,26);9-12H,1-8,13-14H2,(H,21,26)(H,22,27)(H,24,25);2-5,11H,6H2,1H3;1-5,7H2,(H,8,9);2*1H4;;;;(H2,1,2,3,4);1H2/q;-1;;;;;3*+1;;/p-3/i;;;;1TD;;;;;;. The number of nitrogens with two attached hydrogens (primary N) is 1. The van der Waals surface area contributed by atoms with Crippen LogP contribution in [0.15, 0.2) is 72.8 Å². The molecule has 4 amide bonds. The first-order chi connectivity index (χ1) is 40.8. The number of esters is 1. The number of rotatable bonds is 36. The molecule has 0 fully saturated rings. The first-order valence-corrected chi connectivity index (χ1v) is 28.0. The van der Waals surface area contributed by atoms with Crippen molar-refractivity contribution in [3.63, 3.8) is 0 Å². The van der Waals surface area contributed by atoms with E-state index in [2.05, 4.69) is 26.0 Å². The van der Waals surface area contributed by atoms with Crippen LogP contribution in [0.3, 0.4) is 0 Å². The number of methoxy groups -OCH3 is 1. The third-order valence-corrected chi connectivity index (χ3v) is 11.0. The Balaban J connectivity index is -0.000000168. The number of ether oxygens (including phenoxy) is 1. The number of aliphatic hydroxyl groups excluding tert-OH is 1. The monoisotopic (exact) mass is 1310 g/mol. The molecule has 3 aromatic rings. The Kier molecular flexibility index (Phi) is 68.9. The summed E-state index contributed by atoms with van der Waals surface area (Å²) in [7, 11) is -3.63. The number of carboxylic acid groups (broad SMARTS) is 4. The molecule has 3 aromatic carbocycles. The van der Waals surface area contributed by atoms with Crippen LogP contribution >= 0.6 is 0 Å². The third kappa shape index (κ3) is 61.6. The number of benzene rings is 3. The first kappa shape index (κ1) is 95.1. The number of carbonyl (C=O) groups excluding carboxylic acids is 9. The van der Waals surface area contributed by atoms with E-state index in [1.807, 2.05) is 6.29 Å². The quantitative estimate of drug-likeness (QED) is 0.00650. The number of aliphatic carboxylic acids is 4. The van der Waals surface area contributed by atoms with Crippen molar-refractivity contribution in [1.82, 2.24) is 21.3 Å². The summed E-state index contributed by atoms with van der Waals surface area (Å²) in [6.07, 6.45) is 13.7. The Morgan fingerprint density at radius 3 is 1.03 bits per heavy atom. The SMILES string of the molecule is C.COC(=O)c1ccc(C(=O)CO)cc1.NCCCCCC(=O)[O-].O=C(O)CCCCCNC(=O)c1ccc(C(=O)NCCCCCC(=O)O)cc1.O=S(=O)(O)O.O=[C-]CCCCCNC(=O)c1ccc(C(=O)NCCCCCC(=O)[O-])cc1.[2H]C[3H].[Na+].[Na+].[Na+].[OH-]. The van der Waals surface area contributed by atoms with Crippen LogP contribution in [0.25, 0.3) is 0 Å². The van der Waals surface area contributed by atoms with E-state index < -0.39 is 46.9 Å². The molecule has 0 spiro atoms. The number of hydrogen-bond acceptors (Lipinski definition) is 19. The molecule has 486 valence electrons. The summed E-state index contributed by atoms with van der Waals surface area (Å²) in [4.78, 5) is 121. The molecular weight excluding hydrogens is 1220 g/mol. The number of amides is 4. The van der Waals surface area contributed by atoms with Crippen molar-refractivity contribution in [2.24, 2.45) is 5.73 Å². The molecule has 0 radical (unpaired) electrons. The fourth-order valence-electron chi connectivity index (χ4n) is 6.58. The molecule has 0 atom stereocenters. The summed E-state index contributed by atoms with van der Waals surface area (Å²) < 4.78 is 47.8. The Bertz CT molecular complexity index is 2480. The van der Waals surface area contributed by atoms with Crippen LogP contribution in [-0.4, -0.2) is 150 Å². The number of carbonyl (C=O) groups is 10. The van der Waals surface area contributed by atoms with Gasteiger partial charge in [0.2, 0.25) is 0 Å². The van der Waals surface area contributed by atoms with Crippen molar-refractivity contribution in [2.75, 3.05) is 46.4 Å². The summed E-state index contributed by atoms with van der Waals surface area (Å²) in [5.74, 6) is -5.36. The van der Waals surface area contributed by atoms with Crippen LogP contribution in [-0.2, 0) is 39.1 Å². The van der Waals surface area contributed by atoms with Gasteiger partial charge in [0.25, 0.3) is 23.6 Å². The van der Waals surface area contributed by atoms with Crippen LogP contribution in [0.2, 0.25) is 0 Å². The van der Waals surface area contributed by atoms with E-state index in [0.717, 1.165) is 44.9 Å². The summed E-state index contributed by atoms with van der Waals surface area (Å²) in [5, 5.41) is 56.9. The normalized spacial score (nSPS) is 9.67. The molecular formula is C58H87N5Na3O22S-. The molecule has 0 unspecified atom stereocenters. The molecule has 27 nitrogen and oxygen atoms in total. The minimum atomic E-state index is -4.67. The average Bonchev–Trinajstić information content (AvgIpc) is 2.00. The molecule has 0 bridgehead atoms. The van der Waals surface area contributed by atoms with Crippen molar-refractivity contribution in [3.8, 4) is 0 Å². The van der Waals surface area contributed by atoms with Gasteiger partial charge in [0, 0.05) is 81.5 Å². The van der Waals surface area contributed by atoms with E-state index in [0.29, 0.717) is 124 Å². The van der Waals surface area contributed by atoms with E-state index in [4.69, 9.17) is 41.3 Å². The third-order valence-electron chi connectivity index (χ3n) is 11.0. The molecule has 0 saturated carbocycles. The van der Waals surface area contributed by atoms with Gasteiger partial charge in [0.05, 0.1) is 12.7 Å². The number of aliphatic hydroxyl groups is 1. The van der Waals surface area contributed by atoms with Gasteiger partial charge < -0.3 is 77.1 Å². The van der Waals surface area contributed by atoms with Crippen LogP contribution in [0.1, 0.15) is 208 Å². The van der Waals surface area contributed by atoms with Gasteiger partial charge in [0.15, 0.2) is 5.78 Å². The Labute approximate surface area is 591 Å². The summed E-state index contributed by atoms with van der Waals surface area (Å²) in [5.41, 5.74) is 7.79. The zero-order valence-corrected chi connectivity index (χ0v) is 57.5. The van der Waals surface area contributed by atoms with Gasteiger partial charge in [-0.2, -0.15) is 14.8 Å². The number of nitrogens with one attached hydrogen (secondary N) is 4. The predicted molar refractivity (Wildman–Crippen MR) is 313 cm³/mol. The minimum absolute atomic E-state index is 0. The molecule has 0 aliphatic carbocycles. The maximum atomic E-state index is 12.0. The van der Waals surface area contributed by atoms with E-state index in [9.17, 15) is 63.0 Å². The van der Waals surface area contributed by atoms with Crippen LogP contribution in [0, 0.1) is 0 Å². The van der Waals surface area contributed by atoms with Gasteiger partial charge >= 0.3 is 117 Å². The largest absolute Gasteiger partial charge is 1.00 e. The average molecular weight is 1310 g/mol. The second-order valence-corrected chi connectivity index (χ2v) is 18.7. The summed E-state index contributed by atoms with van der Waals surface area (Å²) >= 11 is 0. The van der Waals surface area contributed by atoms with Crippen molar-refractivity contribution >= 4 is 75.9 Å². The Morgan fingerprint density at radius 1 is 0.528 bits per heavy atom. The Morgan fingerprint density at radius 2 is 0.787 bits per heavy atom. The van der Waals surface area contributed by atoms with Gasteiger partial charge in [0.1, 0.15) is 6.61 Å². The van der Waals surface area contributed by atoms with Crippen molar-refractivity contribution in [2.45, 2.75) is 143 Å². The second-order valence-electron chi connectivity index (χ2n) is 17.8. The maximum absolute atomic E-state index is 12.0. The van der Waals surface area contributed by atoms with E-state index in [1.54, 1.807) is 48.5 Å². The summed E-state index contributed by atoms with van der Waals surface area (Å²) in [6, 6.07) is 18.7. The molecule has 0 aliphatic heterocycles. The molecule has 0 aliphatic rings. The van der Waals surface area contributed by atoms with Crippen LogP contribution < -0.4 is 126 Å². The van der Waals surface area contributed by atoms with E-state index in [1.165, 1.54) is 31.4 Å². The number of hydrogen-bond donors (Lipinski definition) is 10. The molecule has 31 heteroatoms. The summed E-state index contributed by atoms with van der Waals surface area (Å²) in [6.45, 7) is 2.07. The minimum Gasteiger partial charge on any atom is -0.870 e. The van der Waals surface area contributed by atoms with Gasteiger partial charge in [-0.1, -0.05) is 65.5 Å². The van der Waals surface area contributed by atoms with Crippen molar-refractivity contribution < 1.29 is 197 Å². The van der Waals surface area contributed by atoms with Gasteiger partial charge in [-0.25, -0.2) is 4.79 Å². The smallest absolute Gasteiger partial charge is 0.870 e. The zero-order chi connectivity index (χ0) is 65.6. The number of carboxylic acids is 4. The van der Waals surface area contributed by atoms with Crippen LogP contribution in [0.4, 0.5) is 0 Å². The molecule has 0 aromatic heterocycles. The van der Waals surface area contributed by atoms with Gasteiger partial charge in [-0.3, -0.25) is 49.0 Å². The van der Waals surface area contributed by atoms with E-state index in [-0.39, 0.29) is 164 Å². The predicted octanol–water partition coefficient (Wildman–Crippen LogP) is -5.08. The van der Waals surface area contributed by atoms with Crippen LogP contribution in [0.5, 0.6) is 0 Å². The molecule has 0 heterocycles. The second kappa shape index (κ2) is 64.5. The fourth-order valence-corrected chi connectivity index (χ4v) is 6.58. The molecule has 0 saturated heterocycles.